The molecule has 6 aromatic carbocycles. The van der Waals surface area contributed by atoms with Gasteiger partial charge in [-0.25, -0.2) is 0 Å². The third-order valence-corrected chi connectivity index (χ3v) is 8.91. The highest BCUT2D eigenvalue weighted by Gasteiger charge is 2.28. The van der Waals surface area contributed by atoms with Crippen LogP contribution in [0, 0.1) is 0 Å². The molecule has 0 bridgehead atoms. The van der Waals surface area contributed by atoms with Gasteiger partial charge < -0.3 is 9.88 Å². The first-order valence-corrected chi connectivity index (χ1v) is 13.5. The standard InChI is InChI=1S/C36H21N3/c1-6-20-7-2-9-22-24-11-5-15-30-34(24)33-23(21(8-1)31(20)22)10-4-14-29(33)39(30)28-17-16-27-32-25(28)12-3-13-26(32)35-36(27)38-19-18-37-35/h1-18,38H,19H2. The average molecular weight is 496 g/mol. The molecule has 0 radical (unpaired) electrons. The van der Waals surface area contributed by atoms with Gasteiger partial charge in [-0.3, -0.25) is 4.99 Å². The molecule has 3 heteroatoms. The van der Waals surface area contributed by atoms with Crippen molar-refractivity contribution in [1.82, 2.24) is 9.88 Å². The SMILES string of the molecule is C1=NC2=C(NC1)c1ccc(-n3c4cccc5c4c4c(cccc43)-c3cccc4cccc-5c34)c3cccc2c13. The summed E-state index contributed by atoms with van der Waals surface area (Å²) < 4.78 is 2.49. The first-order chi connectivity index (χ1) is 19.4. The van der Waals surface area contributed by atoms with E-state index in [0.717, 1.165) is 17.9 Å². The quantitative estimate of drug-likeness (QED) is 0.243. The molecule has 0 saturated heterocycles. The van der Waals surface area contributed by atoms with Crippen LogP contribution in [0.1, 0.15) is 11.1 Å². The number of nitrogens with one attached hydrogen (secondary N) is 1. The molecule has 0 atom stereocenters. The molecule has 7 aromatic rings. The first kappa shape index (κ1) is 19.9. The summed E-state index contributed by atoms with van der Waals surface area (Å²) in [6, 6.07) is 38.3. The molecule has 0 amide bonds. The lowest BCUT2D eigenvalue weighted by Crippen LogP contribution is -2.17. The maximum Gasteiger partial charge on any atom is 0.0943 e. The summed E-state index contributed by atoms with van der Waals surface area (Å²) in [5, 5.41) is 11.4. The summed E-state index contributed by atoms with van der Waals surface area (Å²) in [6.45, 7) is 0.767. The number of hydrogen-bond donors (Lipinski definition) is 1. The number of nitrogens with zero attached hydrogens (tertiary/aromatic N) is 2. The highest BCUT2D eigenvalue weighted by Crippen LogP contribution is 2.50. The normalized spacial score (nSPS) is 14.6. The van der Waals surface area contributed by atoms with Gasteiger partial charge in [-0.05, 0) is 51.2 Å². The molecule has 10 rings (SSSR count). The van der Waals surface area contributed by atoms with Crippen molar-refractivity contribution < 1.29 is 0 Å². The summed E-state index contributed by atoms with van der Waals surface area (Å²) in [6.07, 6.45) is 1.97. The molecule has 1 aromatic heterocycles. The van der Waals surface area contributed by atoms with Crippen LogP contribution in [-0.2, 0) is 0 Å². The first-order valence-electron chi connectivity index (χ1n) is 13.5. The Hall–Kier alpha value is -5.15. The Balaban J connectivity index is 1.38. The minimum atomic E-state index is 0.767. The van der Waals surface area contributed by atoms with Crippen molar-refractivity contribution in [2.45, 2.75) is 0 Å². The second kappa shape index (κ2) is 6.83. The van der Waals surface area contributed by atoms with E-state index >= 15 is 0 Å². The number of benzene rings is 6. The van der Waals surface area contributed by atoms with E-state index in [1.54, 1.807) is 0 Å². The van der Waals surface area contributed by atoms with E-state index in [4.69, 9.17) is 4.99 Å². The summed E-state index contributed by atoms with van der Waals surface area (Å²) in [4.78, 5) is 4.79. The third-order valence-electron chi connectivity index (χ3n) is 8.91. The van der Waals surface area contributed by atoms with E-state index in [2.05, 4.69) is 113 Å². The van der Waals surface area contributed by atoms with Crippen molar-refractivity contribution in [3.63, 3.8) is 0 Å². The van der Waals surface area contributed by atoms with Crippen LogP contribution in [0.2, 0.25) is 0 Å². The van der Waals surface area contributed by atoms with Gasteiger partial charge in [0, 0.05) is 38.9 Å². The average Bonchev–Trinajstić information content (AvgIpc) is 3.47. The van der Waals surface area contributed by atoms with Gasteiger partial charge in [0.25, 0.3) is 0 Å². The van der Waals surface area contributed by atoms with Gasteiger partial charge >= 0.3 is 0 Å². The smallest absolute Gasteiger partial charge is 0.0943 e. The van der Waals surface area contributed by atoms with E-state index < -0.39 is 0 Å². The number of aromatic nitrogens is 1. The Labute approximate surface area is 224 Å². The van der Waals surface area contributed by atoms with Crippen LogP contribution in [0.4, 0.5) is 0 Å². The van der Waals surface area contributed by atoms with E-state index in [0.29, 0.717) is 0 Å². The maximum absolute atomic E-state index is 4.79. The van der Waals surface area contributed by atoms with Crippen LogP contribution in [0.3, 0.4) is 0 Å². The second-order valence-corrected chi connectivity index (χ2v) is 10.7. The van der Waals surface area contributed by atoms with Crippen LogP contribution in [-0.4, -0.2) is 17.3 Å². The summed E-state index contributed by atoms with van der Waals surface area (Å²) in [7, 11) is 0. The summed E-state index contributed by atoms with van der Waals surface area (Å²) >= 11 is 0. The molecular formula is C36H21N3. The highest BCUT2D eigenvalue weighted by molar-refractivity contribution is 6.27. The van der Waals surface area contributed by atoms with Gasteiger partial charge in [-0.2, -0.15) is 0 Å². The van der Waals surface area contributed by atoms with E-state index in [1.165, 1.54) is 82.4 Å². The molecule has 2 heterocycles. The molecule has 2 aliphatic carbocycles. The third kappa shape index (κ3) is 2.29. The Morgan fingerprint density at radius 2 is 1.15 bits per heavy atom. The molecule has 1 N–H and O–H groups in total. The second-order valence-electron chi connectivity index (χ2n) is 10.7. The molecule has 180 valence electrons. The van der Waals surface area contributed by atoms with Gasteiger partial charge in [0.1, 0.15) is 0 Å². The number of hydrogen-bond acceptors (Lipinski definition) is 2. The maximum atomic E-state index is 4.79. The monoisotopic (exact) mass is 495 g/mol. The Kier molecular flexibility index (Phi) is 3.48. The lowest BCUT2D eigenvalue weighted by molar-refractivity contribution is 1.04. The zero-order chi connectivity index (χ0) is 25.2. The zero-order valence-electron chi connectivity index (χ0n) is 21.0. The van der Waals surface area contributed by atoms with Gasteiger partial charge in [-0.15, -0.1) is 0 Å². The van der Waals surface area contributed by atoms with Gasteiger partial charge in [-0.1, -0.05) is 84.9 Å². The Morgan fingerprint density at radius 1 is 0.538 bits per heavy atom. The molecule has 1 aliphatic heterocycles. The van der Waals surface area contributed by atoms with Crippen molar-refractivity contribution in [2.24, 2.45) is 4.99 Å². The van der Waals surface area contributed by atoms with Gasteiger partial charge in [0.05, 0.1) is 34.7 Å². The topological polar surface area (TPSA) is 29.3 Å². The predicted molar refractivity (Wildman–Crippen MR) is 164 cm³/mol. The van der Waals surface area contributed by atoms with Gasteiger partial charge in [0.15, 0.2) is 0 Å². The van der Waals surface area contributed by atoms with Crippen LogP contribution in [0.25, 0.3) is 82.7 Å². The highest BCUT2D eigenvalue weighted by atomic mass is 15.0. The number of fused-ring (bicyclic) bond motifs is 4. The lowest BCUT2D eigenvalue weighted by Gasteiger charge is -2.16. The molecule has 0 spiro atoms. The van der Waals surface area contributed by atoms with Crippen molar-refractivity contribution in [1.29, 1.82) is 0 Å². The van der Waals surface area contributed by atoms with Crippen molar-refractivity contribution in [3.8, 4) is 27.9 Å². The van der Waals surface area contributed by atoms with E-state index in [-0.39, 0.29) is 0 Å². The summed E-state index contributed by atoms with van der Waals surface area (Å²) in [5.41, 5.74) is 13.6. The molecule has 3 aliphatic rings. The predicted octanol–water partition coefficient (Wildman–Crippen LogP) is 8.55. The fourth-order valence-electron chi connectivity index (χ4n) is 7.46. The van der Waals surface area contributed by atoms with Crippen LogP contribution >= 0.6 is 0 Å². The van der Waals surface area contributed by atoms with Crippen molar-refractivity contribution >= 4 is 61.0 Å². The zero-order valence-corrected chi connectivity index (χ0v) is 21.0. The molecule has 0 saturated carbocycles. The lowest BCUT2D eigenvalue weighted by atomic mass is 9.93. The molecule has 39 heavy (non-hydrogen) atoms. The van der Waals surface area contributed by atoms with Crippen LogP contribution in [0.5, 0.6) is 0 Å². The van der Waals surface area contributed by atoms with E-state index in [1.807, 2.05) is 6.21 Å². The van der Waals surface area contributed by atoms with Crippen LogP contribution < -0.4 is 5.32 Å². The molecule has 3 nitrogen and oxygen atoms in total. The van der Waals surface area contributed by atoms with Gasteiger partial charge in [0.2, 0.25) is 0 Å². The Bertz CT molecular complexity index is 2230. The minimum absolute atomic E-state index is 0.767. The van der Waals surface area contributed by atoms with Crippen molar-refractivity contribution in [3.05, 3.63) is 114 Å². The fraction of sp³-hybridized carbons (Fsp3) is 0.0278. The van der Waals surface area contributed by atoms with Crippen LogP contribution in [0.15, 0.2) is 108 Å². The number of rotatable bonds is 1. The summed E-state index contributed by atoms with van der Waals surface area (Å²) in [5.74, 6) is 0. The minimum Gasteiger partial charge on any atom is -0.378 e. The number of aliphatic imine (C=N–C) groups is 1. The molecule has 0 fully saturated rings. The molecule has 0 unspecified atom stereocenters. The molecular weight excluding hydrogens is 474 g/mol. The Morgan fingerprint density at radius 3 is 1.87 bits per heavy atom. The largest absolute Gasteiger partial charge is 0.378 e. The van der Waals surface area contributed by atoms with E-state index in [9.17, 15) is 0 Å². The fourth-order valence-corrected chi connectivity index (χ4v) is 7.46. The van der Waals surface area contributed by atoms with Crippen molar-refractivity contribution in [2.75, 3.05) is 6.54 Å².